The van der Waals surface area contributed by atoms with Crippen molar-refractivity contribution in [1.82, 2.24) is 9.62 Å². The molecule has 0 radical (unpaired) electrons. The minimum Gasteiger partial charge on any atom is -0.375 e. The Balaban J connectivity index is 2.02. The van der Waals surface area contributed by atoms with E-state index < -0.39 is 10.0 Å². The van der Waals surface area contributed by atoms with Gasteiger partial charge in [0.25, 0.3) is 0 Å². The first-order valence-corrected chi connectivity index (χ1v) is 7.34. The normalized spacial score (nSPS) is 31.9. The number of ether oxygens (including phenoxy) is 1. The third-order valence-corrected chi connectivity index (χ3v) is 5.53. The summed E-state index contributed by atoms with van der Waals surface area (Å²) in [5.41, 5.74) is 0. The van der Waals surface area contributed by atoms with Gasteiger partial charge in [-0.3, -0.25) is 4.79 Å². The van der Waals surface area contributed by atoms with Gasteiger partial charge in [-0.05, 0) is 18.8 Å². The summed E-state index contributed by atoms with van der Waals surface area (Å²) in [6, 6.07) is 0. The fourth-order valence-electron chi connectivity index (χ4n) is 2.57. The first-order valence-electron chi connectivity index (χ1n) is 5.80. The number of methoxy groups -OCH3 is 1. The Morgan fingerprint density at radius 2 is 2.12 bits per heavy atom. The highest BCUT2D eigenvalue weighted by molar-refractivity contribution is 7.90. The number of carbonyl (C=O) groups is 1. The molecule has 1 amide bonds. The molecule has 17 heavy (non-hydrogen) atoms. The summed E-state index contributed by atoms with van der Waals surface area (Å²) < 4.78 is 30.8. The van der Waals surface area contributed by atoms with E-state index in [2.05, 4.69) is 4.72 Å². The van der Waals surface area contributed by atoms with Crippen LogP contribution in [-0.4, -0.2) is 57.8 Å². The summed E-state index contributed by atoms with van der Waals surface area (Å²) in [7, 11) is -1.67. The van der Waals surface area contributed by atoms with E-state index in [-0.39, 0.29) is 23.7 Å². The van der Waals surface area contributed by atoms with E-state index in [1.807, 2.05) is 0 Å². The molecular formula is C10H18N2O4S. The first-order chi connectivity index (χ1) is 8.04. The Bertz CT molecular complexity index is 395. The molecule has 6 nitrogen and oxygen atoms in total. The monoisotopic (exact) mass is 262 g/mol. The molecular weight excluding hydrogens is 244 g/mol. The van der Waals surface area contributed by atoms with Gasteiger partial charge in [-0.25, -0.2) is 13.1 Å². The maximum Gasteiger partial charge on any atom is 0.248 e. The molecule has 2 saturated heterocycles. The molecule has 0 saturated carbocycles. The quantitative estimate of drug-likeness (QED) is 0.705. The second-order valence-corrected chi connectivity index (χ2v) is 6.57. The molecule has 2 rings (SSSR count). The number of carbonyl (C=O) groups excluding carboxylic acids is 1. The van der Waals surface area contributed by atoms with Crippen LogP contribution in [0.5, 0.6) is 0 Å². The molecule has 2 fully saturated rings. The number of fused-ring (bicyclic) bond motifs is 1. The molecule has 0 aliphatic carbocycles. The van der Waals surface area contributed by atoms with Crippen molar-refractivity contribution in [3.05, 3.63) is 0 Å². The molecule has 2 aliphatic heterocycles. The van der Waals surface area contributed by atoms with Crippen LogP contribution < -0.4 is 4.72 Å². The predicted octanol–water partition coefficient (Wildman–Crippen LogP) is -0.827. The van der Waals surface area contributed by atoms with Crippen LogP contribution in [0.15, 0.2) is 0 Å². The average molecular weight is 262 g/mol. The second-order valence-electron chi connectivity index (χ2n) is 4.58. The first kappa shape index (κ1) is 12.8. The molecule has 2 heterocycles. The molecule has 0 aromatic carbocycles. The maximum atomic E-state index is 11.7. The molecule has 0 spiro atoms. The van der Waals surface area contributed by atoms with Crippen LogP contribution in [0.3, 0.4) is 0 Å². The Hall–Kier alpha value is -0.660. The van der Waals surface area contributed by atoms with Crippen LogP contribution in [0.2, 0.25) is 0 Å². The van der Waals surface area contributed by atoms with Crippen molar-refractivity contribution < 1.29 is 17.9 Å². The highest BCUT2D eigenvalue weighted by Crippen LogP contribution is 2.28. The second kappa shape index (κ2) is 4.91. The minimum atomic E-state index is -3.15. The Morgan fingerprint density at radius 3 is 2.82 bits per heavy atom. The van der Waals surface area contributed by atoms with E-state index in [0.29, 0.717) is 26.1 Å². The highest BCUT2D eigenvalue weighted by atomic mass is 32.2. The maximum absolute atomic E-state index is 11.7. The summed E-state index contributed by atoms with van der Waals surface area (Å²) in [4.78, 5) is 13.4. The van der Waals surface area contributed by atoms with E-state index in [9.17, 15) is 13.2 Å². The van der Waals surface area contributed by atoms with Crippen molar-refractivity contribution in [2.45, 2.75) is 18.1 Å². The van der Waals surface area contributed by atoms with Gasteiger partial charge in [0.05, 0.1) is 5.25 Å². The number of nitrogens with one attached hydrogen (secondary N) is 1. The molecule has 2 aliphatic rings. The average Bonchev–Trinajstić information content (AvgIpc) is 2.48. The molecule has 7 heteroatoms. The molecule has 2 atom stereocenters. The van der Waals surface area contributed by atoms with Gasteiger partial charge in [-0.2, -0.15) is 0 Å². The lowest BCUT2D eigenvalue weighted by atomic mass is 10.0. The summed E-state index contributed by atoms with van der Waals surface area (Å²) in [6.07, 6.45) is 1.27. The zero-order chi connectivity index (χ0) is 12.5. The third kappa shape index (κ3) is 2.61. The van der Waals surface area contributed by atoms with Crippen molar-refractivity contribution in [2.24, 2.45) is 5.92 Å². The van der Waals surface area contributed by atoms with Crippen LogP contribution in [0.1, 0.15) is 12.8 Å². The van der Waals surface area contributed by atoms with Gasteiger partial charge in [0, 0.05) is 26.7 Å². The zero-order valence-electron chi connectivity index (χ0n) is 9.89. The van der Waals surface area contributed by atoms with Crippen LogP contribution in [-0.2, 0) is 19.6 Å². The van der Waals surface area contributed by atoms with Crippen molar-refractivity contribution in [1.29, 1.82) is 0 Å². The SMILES string of the molecule is COCC(=O)N1CC[C@@H]2CNS(=O)(=O)[C@@H]2CC1. The minimum absolute atomic E-state index is 0.0576. The Kier molecular flexibility index (Phi) is 3.70. The van der Waals surface area contributed by atoms with E-state index in [4.69, 9.17) is 4.74 Å². The van der Waals surface area contributed by atoms with Crippen LogP contribution in [0.4, 0.5) is 0 Å². The van der Waals surface area contributed by atoms with Crippen molar-refractivity contribution in [3.8, 4) is 0 Å². The fraction of sp³-hybridized carbons (Fsp3) is 0.900. The van der Waals surface area contributed by atoms with Crippen molar-refractivity contribution in [2.75, 3.05) is 33.4 Å². The van der Waals surface area contributed by atoms with Crippen molar-refractivity contribution in [3.63, 3.8) is 0 Å². The lowest BCUT2D eigenvalue weighted by Gasteiger charge is -2.20. The topological polar surface area (TPSA) is 75.7 Å². The van der Waals surface area contributed by atoms with E-state index >= 15 is 0 Å². The smallest absolute Gasteiger partial charge is 0.248 e. The van der Waals surface area contributed by atoms with Gasteiger partial charge in [0.2, 0.25) is 15.9 Å². The van der Waals surface area contributed by atoms with Gasteiger partial charge < -0.3 is 9.64 Å². The van der Waals surface area contributed by atoms with Crippen LogP contribution in [0, 0.1) is 5.92 Å². The van der Waals surface area contributed by atoms with Gasteiger partial charge in [0.15, 0.2) is 0 Å². The summed E-state index contributed by atoms with van der Waals surface area (Å²) in [5.74, 6) is 0.0816. The van der Waals surface area contributed by atoms with E-state index in [1.54, 1.807) is 4.90 Å². The number of likely N-dealkylation sites (tertiary alicyclic amines) is 1. The van der Waals surface area contributed by atoms with Gasteiger partial charge in [-0.1, -0.05) is 0 Å². The van der Waals surface area contributed by atoms with E-state index in [0.717, 1.165) is 6.42 Å². The Morgan fingerprint density at radius 1 is 1.41 bits per heavy atom. The molecule has 98 valence electrons. The third-order valence-electron chi connectivity index (χ3n) is 3.54. The standard InChI is InChI=1S/C10H18N2O4S/c1-16-7-10(13)12-4-2-8-6-11-17(14,15)9(8)3-5-12/h8-9,11H,2-7H2,1H3/t8-,9-/m1/s1. The van der Waals surface area contributed by atoms with Crippen LogP contribution >= 0.6 is 0 Å². The summed E-state index contributed by atoms with van der Waals surface area (Å²) in [6.45, 7) is 1.71. The lowest BCUT2D eigenvalue weighted by molar-refractivity contribution is -0.135. The van der Waals surface area contributed by atoms with E-state index in [1.165, 1.54) is 7.11 Å². The fourth-order valence-corrected chi connectivity index (χ4v) is 4.39. The van der Waals surface area contributed by atoms with Gasteiger partial charge >= 0.3 is 0 Å². The van der Waals surface area contributed by atoms with Crippen molar-refractivity contribution >= 4 is 15.9 Å². The lowest BCUT2D eigenvalue weighted by Crippen LogP contribution is -2.35. The largest absolute Gasteiger partial charge is 0.375 e. The molecule has 0 aromatic rings. The number of hydrogen-bond acceptors (Lipinski definition) is 4. The molecule has 0 aromatic heterocycles. The summed E-state index contributed by atoms with van der Waals surface area (Å²) >= 11 is 0. The molecule has 0 unspecified atom stereocenters. The molecule has 0 bridgehead atoms. The number of sulfonamides is 1. The van der Waals surface area contributed by atoms with Gasteiger partial charge in [-0.15, -0.1) is 0 Å². The predicted molar refractivity (Wildman–Crippen MR) is 61.9 cm³/mol. The summed E-state index contributed by atoms with van der Waals surface area (Å²) in [5, 5.41) is -0.331. The highest BCUT2D eigenvalue weighted by Gasteiger charge is 2.41. The Labute approximate surface area is 101 Å². The number of hydrogen-bond donors (Lipinski definition) is 1. The molecule has 1 N–H and O–H groups in total. The number of nitrogens with zero attached hydrogens (tertiary/aromatic N) is 1. The number of amides is 1. The number of rotatable bonds is 2. The zero-order valence-corrected chi connectivity index (χ0v) is 10.7. The van der Waals surface area contributed by atoms with Crippen LogP contribution in [0.25, 0.3) is 0 Å². The van der Waals surface area contributed by atoms with Gasteiger partial charge in [0.1, 0.15) is 6.61 Å².